The van der Waals surface area contributed by atoms with E-state index in [-0.39, 0.29) is 10.5 Å². The Kier molecular flexibility index (Phi) is 3.79. The van der Waals surface area contributed by atoms with Crippen LogP contribution in [0.25, 0.3) is 0 Å². The van der Waals surface area contributed by atoms with Crippen molar-refractivity contribution in [3.8, 4) is 6.07 Å². The molecule has 3 rings (SSSR count). The fraction of sp³-hybridized carbons (Fsp3) is 0.0625. The lowest BCUT2D eigenvalue weighted by molar-refractivity contribution is -0.116. The maximum Gasteiger partial charge on any atom is 0.269 e. The number of hydrogen-bond donors (Lipinski definition) is 1. The summed E-state index contributed by atoms with van der Waals surface area (Å²) in [7, 11) is -4.03. The third-order valence-electron chi connectivity index (χ3n) is 3.47. The highest BCUT2D eigenvalue weighted by atomic mass is 32.2. The normalized spacial score (nSPS) is 14.8. The van der Waals surface area contributed by atoms with E-state index in [2.05, 4.69) is 5.32 Å². The summed E-state index contributed by atoms with van der Waals surface area (Å²) in [5.41, 5.74) is 0.752. The van der Waals surface area contributed by atoms with Gasteiger partial charge in [0, 0.05) is 5.69 Å². The zero-order valence-corrected chi connectivity index (χ0v) is 13.1. The Bertz CT molecular complexity index is 992. The average Bonchev–Trinajstić information content (AvgIpc) is 2.76. The molecule has 8 heteroatoms. The molecule has 1 aliphatic rings. The number of carbonyl (C=O) groups is 2. The molecule has 7 nitrogen and oxygen atoms in total. The van der Waals surface area contributed by atoms with Gasteiger partial charge in [0.2, 0.25) is 5.91 Å². The largest absolute Gasteiger partial charge is 0.324 e. The Morgan fingerprint density at radius 3 is 2.62 bits per heavy atom. The van der Waals surface area contributed by atoms with Gasteiger partial charge < -0.3 is 5.32 Å². The van der Waals surface area contributed by atoms with Gasteiger partial charge in [-0.3, -0.25) is 9.59 Å². The molecule has 2 amide bonds. The molecule has 0 saturated heterocycles. The van der Waals surface area contributed by atoms with E-state index >= 15 is 0 Å². The summed E-state index contributed by atoms with van der Waals surface area (Å²) in [6.45, 7) is -0.632. The summed E-state index contributed by atoms with van der Waals surface area (Å²) in [5.74, 6) is -1.40. The van der Waals surface area contributed by atoms with Crippen molar-refractivity contribution in [3.63, 3.8) is 0 Å². The van der Waals surface area contributed by atoms with Crippen LogP contribution in [0.4, 0.5) is 5.69 Å². The number of nitriles is 1. The number of fused-ring (bicyclic) bond motifs is 1. The number of hydrogen-bond acceptors (Lipinski definition) is 5. The molecular formula is C16H11N3O4S. The lowest BCUT2D eigenvalue weighted by Gasteiger charge is -2.14. The summed E-state index contributed by atoms with van der Waals surface area (Å²) >= 11 is 0. The topological polar surface area (TPSA) is 107 Å². The summed E-state index contributed by atoms with van der Waals surface area (Å²) in [4.78, 5) is 24.2. The predicted molar refractivity (Wildman–Crippen MR) is 84.5 cm³/mol. The molecule has 2 aromatic carbocycles. The third-order valence-corrected chi connectivity index (χ3v) is 5.26. The summed E-state index contributed by atoms with van der Waals surface area (Å²) in [6, 6.07) is 13.9. The van der Waals surface area contributed by atoms with Crippen molar-refractivity contribution < 1.29 is 18.0 Å². The van der Waals surface area contributed by atoms with Gasteiger partial charge in [-0.25, -0.2) is 12.7 Å². The monoisotopic (exact) mass is 341 g/mol. The molecule has 0 fully saturated rings. The van der Waals surface area contributed by atoms with E-state index in [1.807, 2.05) is 6.07 Å². The fourth-order valence-electron chi connectivity index (χ4n) is 2.38. The molecule has 0 aliphatic carbocycles. The number of nitrogens with one attached hydrogen (secondary N) is 1. The van der Waals surface area contributed by atoms with Crippen molar-refractivity contribution >= 4 is 27.5 Å². The van der Waals surface area contributed by atoms with Crippen molar-refractivity contribution in [2.45, 2.75) is 4.90 Å². The van der Waals surface area contributed by atoms with E-state index in [4.69, 9.17) is 5.26 Å². The highest BCUT2D eigenvalue weighted by Gasteiger charge is 2.41. The van der Waals surface area contributed by atoms with E-state index in [0.29, 0.717) is 15.6 Å². The number of benzene rings is 2. The molecule has 0 bridgehead atoms. The van der Waals surface area contributed by atoms with Gasteiger partial charge in [0.25, 0.3) is 15.9 Å². The molecule has 1 heterocycles. The minimum absolute atomic E-state index is 0.0526. The molecule has 120 valence electrons. The molecule has 1 aliphatic heterocycles. The van der Waals surface area contributed by atoms with Crippen molar-refractivity contribution in [1.82, 2.24) is 4.31 Å². The maximum absolute atomic E-state index is 12.4. The number of anilines is 1. The van der Waals surface area contributed by atoms with Gasteiger partial charge in [-0.1, -0.05) is 18.2 Å². The Morgan fingerprint density at radius 2 is 1.92 bits per heavy atom. The number of sulfonamides is 1. The third kappa shape index (κ3) is 2.61. The van der Waals surface area contributed by atoms with Crippen LogP contribution in [0.3, 0.4) is 0 Å². The summed E-state index contributed by atoms with van der Waals surface area (Å²) < 4.78 is 25.3. The van der Waals surface area contributed by atoms with E-state index < -0.39 is 28.4 Å². The SMILES string of the molecule is N#Cc1cccc(NC(=O)CN2C(=O)c3ccccc3S2(=O)=O)c1. The smallest absolute Gasteiger partial charge is 0.269 e. The van der Waals surface area contributed by atoms with E-state index in [1.165, 1.54) is 24.3 Å². The highest BCUT2D eigenvalue weighted by molar-refractivity contribution is 7.90. The van der Waals surface area contributed by atoms with Crippen LogP contribution in [0.15, 0.2) is 53.4 Å². The summed E-state index contributed by atoms with van der Waals surface area (Å²) in [6.07, 6.45) is 0. The Hall–Kier alpha value is -3.18. The van der Waals surface area contributed by atoms with Crippen LogP contribution in [0, 0.1) is 11.3 Å². The molecule has 0 spiro atoms. The second-order valence-electron chi connectivity index (χ2n) is 5.05. The molecule has 0 aromatic heterocycles. The van der Waals surface area contributed by atoms with Crippen LogP contribution < -0.4 is 5.32 Å². The average molecular weight is 341 g/mol. The molecule has 24 heavy (non-hydrogen) atoms. The van der Waals surface area contributed by atoms with Crippen molar-refractivity contribution in [1.29, 1.82) is 5.26 Å². The van der Waals surface area contributed by atoms with E-state index in [1.54, 1.807) is 24.3 Å². The highest BCUT2D eigenvalue weighted by Crippen LogP contribution is 2.29. The second kappa shape index (κ2) is 5.79. The molecule has 1 N–H and O–H groups in total. The molecular weight excluding hydrogens is 330 g/mol. The number of carbonyl (C=O) groups excluding carboxylic acids is 2. The lowest BCUT2D eigenvalue weighted by Crippen LogP contribution is -2.37. The second-order valence-corrected chi connectivity index (χ2v) is 6.88. The van der Waals surface area contributed by atoms with Gasteiger partial charge >= 0.3 is 0 Å². The van der Waals surface area contributed by atoms with Crippen molar-refractivity contribution in [2.75, 3.05) is 11.9 Å². The Balaban J connectivity index is 1.81. The van der Waals surface area contributed by atoms with Gasteiger partial charge in [-0.05, 0) is 30.3 Å². The lowest BCUT2D eigenvalue weighted by atomic mass is 10.2. The number of rotatable bonds is 3. The predicted octanol–water partition coefficient (Wildman–Crippen LogP) is 1.34. The van der Waals surface area contributed by atoms with Gasteiger partial charge in [-0.15, -0.1) is 0 Å². The number of nitrogens with zero attached hydrogens (tertiary/aromatic N) is 2. The zero-order chi connectivity index (χ0) is 17.3. The van der Waals surface area contributed by atoms with Gasteiger partial charge in [0.05, 0.1) is 17.2 Å². The first kappa shape index (κ1) is 15.7. The van der Waals surface area contributed by atoms with Crippen LogP contribution >= 0.6 is 0 Å². The fourth-order valence-corrected chi connectivity index (χ4v) is 3.91. The van der Waals surface area contributed by atoms with Crippen molar-refractivity contribution in [3.05, 3.63) is 59.7 Å². The molecule has 0 unspecified atom stereocenters. The van der Waals surface area contributed by atoms with Gasteiger partial charge in [-0.2, -0.15) is 5.26 Å². The standard InChI is InChI=1S/C16H11N3O4S/c17-9-11-4-3-5-12(8-11)18-15(20)10-19-16(21)13-6-1-2-7-14(13)24(19,22)23/h1-8H,10H2,(H,18,20). The first-order chi connectivity index (χ1) is 11.4. The molecule has 0 atom stereocenters. The molecule has 0 radical (unpaired) electrons. The molecule has 2 aromatic rings. The van der Waals surface area contributed by atoms with Crippen LogP contribution in [0.1, 0.15) is 15.9 Å². The zero-order valence-electron chi connectivity index (χ0n) is 12.3. The Labute approximate surface area is 138 Å². The first-order valence-electron chi connectivity index (χ1n) is 6.89. The van der Waals surface area contributed by atoms with Crippen LogP contribution in [-0.4, -0.2) is 31.1 Å². The van der Waals surface area contributed by atoms with Crippen LogP contribution in [-0.2, 0) is 14.8 Å². The van der Waals surface area contributed by atoms with Crippen LogP contribution in [0.2, 0.25) is 0 Å². The van der Waals surface area contributed by atoms with Gasteiger partial charge in [0.15, 0.2) is 0 Å². The first-order valence-corrected chi connectivity index (χ1v) is 8.33. The minimum Gasteiger partial charge on any atom is -0.324 e. The van der Waals surface area contributed by atoms with Gasteiger partial charge in [0.1, 0.15) is 11.4 Å². The quantitative estimate of drug-likeness (QED) is 0.906. The molecule has 0 saturated carbocycles. The summed E-state index contributed by atoms with van der Waals surface area (Å²) in [5, 5.41) is 11.3. The number of amides is 2. The Morgan fingerprint density at radius 1 is 1.17 bits per heavy atom. The van der Waals surface area contributed by atoms with Crippen molar-refractivity contribution in [2.24, 2.45) is 0 Å². The van der Waals surface area contributed by atoms with Crippen LogP contribution in [0.5, 0.6) is 0 Å². The maximum atomic E-state index is 12.4. The van der Waals surface area contributed by atoms with E-state index in [0.717, 1.165) is 0 Å². The van der Waals surface area contributed by atoms with E-state index in [9.17, 15) is 18.0 Å². The minimum atomic E-state index is -4.03.